The second-order valence-electron chi connectivity index (χ2n) is 4.92. The van der Waals surface area contributed by atoms with Crippen molar-refractivity contribution in [2.24, 2.45) is 0 Å². The van der Waals surface area contributed by atoms with Crippen molar-refractivity contribution in [1.29, 1.82) is 0 Å². The molecule has 18 heavy (non-hydrogen) atoms. The molecule has 4 rings (SSSR count). The Bertz CT molecular complexity index is 679. The van der Waals surface area contributed by atoms with Gasteiger partial charge in [0, 0.05) is 10.9 Å². The number of amides is 1. The number of halogens is 1. The third kappa shape index (κ3) is 1.20. The number of nitrogens with one attached hydrogen (secondary N) is 1. The number of rotatable bonds is 0. The van der Waals surface area contributed by atoms with E-state index in [0.717, 1.165) is 17.4 Å². The van der Waals surface area contributed by atoms with Crippen molar-refractivity contribution in [2.45, 2.75) is 18.5 Å². The molecular formula is C13H10BrN3O. The van der Waals surface area contributed by atoms with Gasteiger partial charge in [0.2, 0.25) is 0 Å². The van der Waals surface area contributed by atoms with E-state index in [9.17, 15) is 4.79 Å². The standard InChI is InChI=1S/C13H10BrN3O/c14-9-2-1-8-4-13(10(8)3-9)6-17-7-15-5-11(17)12(18)16-13/h1-3,5,7H,4,6H2,(H,16,18)/t13-/m0/s1. The van der Waals surface area contributed by atoms with Gasteiger partial charge in [0.25, 0.3) is 5.91 Å². The SMILES string of the molecule is O=C1N[C@@]2(Cc3ccc(Br)cc32)Cn2cncc21. The Morgan fingerprint density at radius 2 is 2.33 bits per heavy atom. The average molecular weight is 304 g/mol. The minimum atomic E-state index is -0.246. The number of benzene rings is 1. The van der Waals surface area contributed by atoms with Crippen LogP contribution in [0.25, 0.3) is 0 Å². The summed E-state index contributed by atoms with van der Waals surface area (Å²) in [6.45, 7) is 0.761. The van der Waals surface area contributed by atoms with Gasteiger partial charge in [0.1, 0.15) is 5.69 Å². The second kappa shape index (κ2) is 3.23. The molecular weight excluding hydrogens is 294 g/mol. The first-order chi connectivity index (χ1) is 8.68. The zero-order valence-corrected chi connectivity index (χ0v) is 11.1. The number of hydrogen-bond acceptors (Lipinski definition) is 2. The highest BCUT2D eigenvalue weighted by molar-refractivity contribution is 9.10. The molecule has 1 aromatic heterocycles. The molecule has 0 unspecified atom stereocenters. The summed E-state index contributed by atoms with van der Waals surface area (Å²) >= 11 is 3.49. The molecule has 0 radical (unpaired) electrons. The minimum Gasteiger partial charge on any atom is -0.339 e. The van der Waals surface area contributed by atoms with Crippen LogP contribution >= 0.6 is 15.9 Å². The third-order valence-electron chi connectivity index (χ3n) is 3.82. The fourth-order valence-corrected chi connectivity index (χ4v) is 3.32. The van der Waals surface area contributed by atoms with E-state index < -0.39 is 0 Å². The predicted octanol–water partition coefficient (Wildman–Crippen LogP) is 1.84. The normalized spacial score (nSPS) is 24.2. The fraction of sp³-hybridized carbons (Fsp3) is 0.231. The third-order valence-corrected chi connectivity index (χ3v) is 4.31. The molecule has 2 heterocycles. The number of hydrogen-bond donors (Lipinski definition) is 1. The van der Waals surface area contributed by atoms with E-state index in [4.69, 9.17) is 0 Å². The van der Waals surface area contributed by atoms with Crippen LogP contribution in [0.5, 0.6) is 0 Å². The summed E-state index contributed by atoms with van der Waals surface area (Å²) in [7, 11) is 0. The van der Waals surface area contributed by atoms with Crippen LogP contribution in [0.1, 0.15) is 21.6 Å². The van der Waals surface area contributed by atoms with Gasteiger partial charge in [-0.05, 0) is 23.3 Å². The van der Waals surface area contributed by atoms with Crippen molar-refractivity contribution in [3.05, 3.63) is 52.0 Å². The molecule has 1 aliphatic carbocycles. The number of imidazole rings is 1. The second-order valence-corrected chi connectivity index (χ2v) is 5.84. The van der Waals surface area contributed by atoms with Gasteiger partial charge in [-0.2, -0.15) is 0 Å². The summed E-state index contributed by atoms with van der Waals surface area (Å²) in [6.07, 6.45) is 4.23. The molecule has 0 bridgehead atoms. The minimum absolute atomic E-state index is 0.0376. The zero-order valence-electron chi connectivity index (χ0n) is 9.48. The Morgan fingerprint density at radius 1 is 1.44 bits per heavy atom. The molecule has 1 aliphatic heterocycles. The van der Waals surface area contributed by atoms with Crippen molar-refractivity contribution in [1.82, 2.24) is 14.9 Å². The molecule has 0 saturated heterocycles. The molecule has 1 aromatic carbocycles. The van der Waals surface area contributed by atoms with E-state index >= 15 is 0 Å². The highest BCUT2D eigenvalue weighted by Gasteiger charge is 2.47. The molecule has 0 fully saturated rings. The Hall–Kier alpha value is -1.62. The Morgan fingerprint density at radius 3 is 3.22 bits per heavy atom. The largest absolute Gasteiger partial charge is 0.339 e. The van der Waals surface area contributed by atoms with Gasteiger partial charge in [0.15, 0.2) is 0 Å². The predicted molar refractivity (Wildman–Crippen MR) is 69.2 cm³/mol. The molecule has 5 heteroatoms. The van der Waals surface area contributed by atoms with E-state index in [1.807, 2.05) is 10.6 Å². The maximum absolute atomic E-state index is 12.1. The van der Waals surface area contributed by atoms with E-state index in [0.29, 0.717) is 5.69 Å². The molecule has 1 amide bonds. The van der Waals surface area contributed by atoms with Crippen LogP contribution in [0.3, 0.4) is 0 Å². The van der Waals surface area contributed by atoms with Gasteiger partial charge in [-0.1, -0.05) is 22.0 Å². The first kappa shape index (κ1) is 10.3. The summed E-state index contributed by atoms with van der Waals surface area (Å²) < 4.78 is 2.98. The van der Waals surface area contributed by atoms with Gasteiger partial charge < -0.3 is 9.88 Å². The van der Waals surface area contributed by atoms with Crippen molar-refractivity contribution in [3.63, 3.8) is 0 Å². The lowest BCUT2D eigenvalue weighted by Crippen LogP contribution is -2.59. The van der Waals surface area contributed by atoms with Gasteiger partial charge in [0.05, 0.1) is 24.6 Å². The topological polar surface area (TPSA) is 46.9 Å². The van der Waals surface area contributed by atoms with E-state index in [1.165, 1.54) is 11.1 Å². The van der Waals surface area contributed by atoms with Crippen molar-refractivity contribution < 1.29 is 4.79 Å². The van der Waals surface area contributed by atoms with Crippen LogP contribution in [0.4, 0.5) is 0 Å². The van der Waals surface area contributed by atoms with Gasteiger partial charge >= 0.3 is 0 Å². The summed E-state index contributed by atoms with van der Waals surface area (Å²) in [5, 5.41) is 3.13. The highest BCUT2D eigenvalue weighted by Crippen LogP contribution is 2.43. The van der Waals surface area contributed by atoms with Crippen molar-refractivity contribution in [3.8, 4) is 0 Å². The van der Waals surface area contributed by atoms with Gasteiger partial charge in [-0.3, -0.25) is 4.79 Å². The molecule has 90 valence electrons. The maximum Gasteiger partial charge on any atom is 0.270 e. The summed E-state index contributed by atoms with van der Waals surface area (Å²) in [5.74, 6) is -0.0376. The van der Waals surface area contributed by atoms with Crippen LogP contribution < -0.4 is 5.32 Å². The Labute approximate surface area is 112 Å². The van der Waals surface area contributed by atoms with E-state index in [-0.39, 0.29) is 11.4 Å². The number of carbonyl (C=O) groups is 1. The van der Waals surface area contributed by atoms with Crippen LogP contribution in [-0.2, 0) is 18.5 Å². The maximum atomic E-state index is 12.1. The van der Waals surface area contributed by atoms with Gasteiger partial charge in [-0.15, -0.1) is 0 Å². The number of fused-ring (bicyclic) bond motifs is 3. The Kier molecular flexibility index (Phi) is 1.85. The first-order valence-electron chi connectivity index (χ1n) is 5.79. The molecule has 2 aliphatic rings. The summed E-state index contributed by atoms with van der Waals surface area (Å²) in [6, 6.07) is 6.25. The molecule has 2 aromatic rings. The molecule has 4 nitrogen and oxygen atoms in total. The quantitative estimate of drug-likeness (QED) is 0.807. The number of nitrogens with zero attached hydrogens (tertiary/aromatic N) is 2. The molecule has 1 spiro atoms. The molecule has 1 N–H and O–H groups in total. The average Bonchev–Trinajstić information content (AvgIpc) is 2.79. The number of aromatic nitrogens is 2. The van der Waals surface area contributed by atoms with Crippen LogP contribution in [0.15, 0.2) is 35.2 Å². The monoisotopic (exact) mass is 303 g/mol. The van der Waals surface area contributed by atoms with Crippen LogP contribution in [-0.4, -0.2) is 15.5 Å². The molecule has 0 saturated carbocycles. The lowest BCUT2D eigenvalue weighted by Gasteiger charge is -2.47. The summed E-state index contributed by atoms with van der Waals surface area (Å²) in [4.78, 5) is 16.1. The van der Waals surface area contributed by atoms with Crippen LogP contribution in [0.2, 0.25) is 0 Å². The van der Waals surface area contributed by atoms with Crippen molar-refractivity contribution >= 4 is 21.8 Å². The smallest absolute Gasteiger partial charge is 0.270 e. The fourth-order valence-electron chi connectivity index (χ4n) is 2.96. The van der Waals surface area contributed by atoms with Crippen molar-refractivity contribution in [2.75, 3.05) is 0 Å². The van der Waals surface area contributed by atoms with E-state index in [2.05, 4.69) is 38.4 Å². The van der Waals surface area contributed by atoms with E-state index in [1.54, 1.807) is 12.5 Å². The van der Waals surface area contributed by atoms with Crippen LogP contribution in [0, 0.1) is 0 Å². The zero-order chi connectivity index (χ0) is 12.3. The number of carbonyl (C=O) groups excluding carboxylic acids is 1. The highest BCUT2D eigenvalue weighted by atomic mass is 79.9. The van der Waals surface area contributed by atoms with Gasteiger partial charge in [-0.25, -0.2) is 4.98 Å². The summed E-state index contributed by atoms with van der Waals surface area (Å²) in [5.41, 5.74) is 2.92. The lowest BCUT2D eigenvalue weighted by molar-refractivity contribution is 0.0808. The first-order valence-corrected chi connectivity index (χ1v) is 6.59. The Balaban J connectivity index is 1.83. The molecule has 1 atom stereocenters. The lowest BCUT2D eigenvalue weighted by atomic mass is 9.69.